The first-order valence-corrected chi connectivity index (χ1v) is 14.4. The summed E-state index contributed by atoms with van der Waals surface area (Å²) in [6, 6.07) is 7.85. The van der Waals surface area contributed by atoms with Crippen molar-refractivity contribution in [1.82, 2.24) is 14.9 Å². The van der Waals surface area contributed by atoms with E-state index in [-0.39, 0.29) is 55.2 Å². The van der Waals surface area contributed by atoms with E-state index in [1.807, 2.05) is 0 Å². The smallest absolute Gasteiger partial charge is 0.341 e. The molecule has 0 aromatic heterocycles. The lowest BCUT2D eigenvalue weighted by molar-refractivity contribution is -0.140. The molecule has 1 amide bonds. The molecule has 8 nitrogen and oxygen atoms in total. The average molecular weight is 582 g/mol. The molecule has 14 heteroatoms. The Balaban J connectivity index is 0.00000380. The van der Waals surface area contributed by atoms with Crippen LogP contribution in [0.4, 0.5) is 13.2 Å². The lowest BCUT2D eigenvalue weighted by atomic mass is 10.0. The highest BCUT2D eigenvalue weighted by molar-refractivity contribution is 7.91. The first kappa shape index (κ1) is 29.4. The molecule has 2 heterocycles. The molecule has 2 aromatic rings. The van der Waals surface area contributed by atoms with Gasteiger partial charge in [-0.2, -0.15) is 13.2 Å². The largest absolute Gasteiger partial charge is 0.417 e. The molecule has 204 valence electrons. The normalized spacial score (nSPS) is 19.4. The summed E-state index contributed by atoms with van der Waals surface area (Å²) in [5, 5.41) is 3.12. The number of amides is 1. The maximum absolute atomic E-state index is 13.7. The van der Waals surface area contributed by atoms with Crippen molar-refractivity contribution in [1.29, 1.82) is 0 Å². The van der Waals surface area contributed by atoms with Gasteiger partial charge in [-0.25, -0.2) is 21.6 Å². The van der Waals surface area contributed by atoms with Crippen LogP contribution in [0.15, 0.2) is 63.2 Å². The van der Waals surface area contributed by atoms with Crippen molar-refractivity contribution in [2.75, 3.05) is 19.6 Å². The number of rotatable bonds is 6. The molecule has 37 heavy (non-hydrogen) atoms. The second-order valence-corrected chi connectivity index (χ2v) is 12.5. The van der Waals surface area contributed by atoms with Gasteiger partial charge in [-0.05, 0) is 62.6 Å². The highest BCUT2D eigenvalue weighted by Crippen LogP contribution is 2.36. The number of hydrogen-bond donors (Lipinski definition) is 2. The zero-order valence-corrected chi connectivity index (χ0v) is 22.0. The highest BCUT2D eigenvalue weighted by atomic mass is 35.5. The molecule has 0 saturated carbocycles. The third-order valence-electron chi connectivity index (χ3n) is 6.40. The predicted molar refractivity (Wildman–Crippen MR) is 132 cm³/mol. The zero-order chi connectivity index (χ0) is 26.1. The monoisotopic (exact) mass is 581 g/mol. The number of piperidine rings is 1. The van der Waals surface area contributed by atoms with Gasteiger partial charge in [0.1, 0.15) is 0 Å². The van der Waals surface area contributed by atoms with Gasteiger partial charge in [-0.15, -0.1) is 12.4 Å². The van der Waals surface area contributed by atoms with Gasteiger partial charge in [0.15, 0.2) is 0 Å². The third kappa shape index (κ3) is 6.45. The number of carbonyl (C=O) groups is 1. The third-order valence-corrected chi connectivity index (χ3v) is 9.73. The molecular formula is C23H27ClF3N3O5S2. The van der Waals surface area contributed by atoms with Gasteiger partial charge in [-0.3, -0.25) is 4.79 Å². The summed E-state index contributed by atoms with van der Waals surface area (Å²) < 4.78 is 95.5. The lowest BCUT2D eigenvalue weighted by Gasteiger charge is -2.33. The van der Waals surface area contributed by atoms with Crippen LogP contribution in [0.5, 0.6) is 0 Å². The van der Waals surface area contributed by atoms with Crippen molar-refractivity contribution in [2.24, 2.45) is 0 Å². The topological polar surface area (TPSA) is 113 Å². The number of sulfone groups is 1. The Labute approximate surface area is 220 Å². The standard InChI is InChI=1S/C23H26F3N3O5S2.ClH/c24-23(25,26)19-9-8-18(35(31,32)17-5-2-1-3-6-17)15-21(19)36(33,34)28-16-10-13-29(14-11-16)22(30)20-7-4-12-27-20;/h1-3,5-6,8-9,15-16,20,27-28H,4,7,10-14H2;1H/t20-;/m1./s1. The maximum atomic E-state index is 13.7. The van der Waals surface area contributed by atoms with E-state index in [9.17, 15) is 34.8 Å². The maximum Gasteiger partial charge on any atom is 0.417 e. The van der Waals surface area contributed by atoms with Crippen LogP contribution in [0.1, 0.15) is 31.2 Å². The van der Waals surface area contributed by atoms with Gasteiger partial charge in [0, 0.05) is 19.1 Å². The number of carbonyl (C=O) groups excluding carboxylic acids is 1. The number of hydrogen-bond acceptors (Lipinski definition) is 6. The van der Waals surface area contributed by atoms with Crippen molar-refractivity contribution in [3.63, 3.8) is 0 Å². The van der Waals surface area contributed by atoms with Crippen LogP contribution in [0.3, 0.4) is 0 Å². The van der Waals surface area contributed by atoms with E-state index in [2.05, 4.69) is 10.0 Å². The molecule has 0 spiro atoms. The number of alkyl halides is 3. The number of likely N-dealkylation sites (tertiary alicyclic amines) is 1. The van der Waals surface area contributed by atoms with Crippen molar-refractivity contribution in [2.45, 2.75) is 58.6 Å². The summed E-state index contributed by atoms with van der Waals surface area (Å²) in [5.41, 5.74) is -1.46. The molecule has 4 rings (SSSR count). The summed E-state index contributed by atoms with van der Waals surface area (Å²) in [6.45, 7) is 1.28. The van der Waals surface area contributed by atoms with Crippen LogP contribution >= 0.6 is 12.4 Å². The van der Waals surface area contributed by atoms with Crippen LogP contribution in [0.2, 0.25) is 0 Å². The highest BCUT2D eigenvalue weighted by Gasteiger charge is 2.39. The minimum atomic E-state index is -5.02. The molecular weight excluding hydrogens is 555 g/mol. The van der Waals surface area contributed by atoms with E-state index < -0.39 is 47.4 Å². The molecule has 2 saturated heterocycles. The molecule has 0 bridgehead atoms. The van der Waals surface area contributed by atoms with Gasteiger partial charge in [0.25, 0.3) is 0 Å². The van der Waals surface area contributed by atoms with E-state index >= 15 is 0 Å². The summed E-state index contributed by atoms with van der Waals surface area (Å²) in [4.78, 5) is 12.3. The second-order valence-electron chi connectivity index (χ2n) is 8.84. The van der Waals surface area contributed by atoms with Gasteiger partial charge < -0.3 is 10.2 Å². The molecule has 0 aliphatic carbocycles. The van der Waals surface area contributed by atoms with Crippen LogP contribution < -0.4 is 10.0 Å². The van der Waals surface area contributed by atoms with Crippen molar-refractivity contribution >= 4 is 38.2 Å². The Morgan fingerprint density at radius 3 is 2.16 bits per heavy atom. The van der Waals surface area contributed by atoms with E-state index in [4.69, 9.17) is 0 Å². The lowest BCUT2D eigenvalue weighted by Crippen LogP contribution is -2.50. The predicted octanol–water partition coefficient (Wildman–Crippen LogP) is 2.98. The molecule has 2 fully saturated rings. The molecule has 2 aliphatic rings. The summed E-state index contributed by atoms with van der Waals surface area (Å²) in [7, 11) is -8.99. The Hall–Kier alpha value is -2.19. The van der Waals surface area contributed by atoms with Crippen molar-refractivity contribution in [3.8, 4) is 0 Å². The van der Waals surface area contributed by atoms with Crippen molar-refractivity contribution < 1.29 is 34.8 Å². The summed E-state index contributed by atoms with van der Waals surface area (Å²) in [5.74, 6) is -0.0630. The summed E-state index contributed by atoms with van der Waals surface area (Å²) >= 11 is 0. The number of benzene rings is 2. The number of sulfonamides is 1. The zero-order valence-electron chi connectivity index (χ0n) is 19.6. The average Bonchev–Trinajstić information content (AvgIpc) is 3.38. The van der Waals surface area contributed by atoms with Crippen LogP contribution in [-0.2, 0) is 30.8 Å². The fraction of sp³-hybridized carbons (Fsp3) is 0.435. The second kappa shape index (κ2) is 11.3. The van der Waals surface area contributed by atoms with Gasteiger partial charge in [0.05, 0.1) is 26.3 Å². The molecule has 2 aromatic carbocycles. The van der Waals surface area contributed by atoms with Gasteiger partial charge in [0.2, 0.25) is 25.8 Å². The van der Waals surface area contributed by atoms with Crippen molar-refractivity contribution in [3.05, 3.63) is 54.1 Å². The molecule has 1 atom stereocenters. The van der Waals surface area contributed by atoms with E-state index in [1.165, 1.54) is 24.3 Å². The first-order valence-electron chi connectivity index (χ1n) is 11.5. The van der Waals surface area contributed by atoms with E-state index in [1.54, 1.807) is 11.0 Å². The Kier molecular flexibility index (Phi) is 8.95. The quantitative estimate of drug-likeness (QED) is 0.542. The minimum Gasteiger partial charge on any atom is -0.341 e. The Bertz CT molecular complexity index is 1330. The molecule has 0 radical (unpaired) electrons. The van der Waals surface area contributed by atoms with Crippen LogP contribution in [0, 0.1) is 0 Å². The Morgan fingerprint density at radius 2 is 1.59 bits per heavy atom. The fourth-order valence-electron chi connectivity index (χ4n) is 4.48. The molecule has 2 N–H and O–H groups in total. The fourth-order valence-corrected chi connectivity index (χ4v) is 7.42. The van der Waals surface area contributed by atoms with Gasteiger partial charge in [-0.1, -0.05) is 18.2 Å². The number of nitrogens with zero attached hydrogens (tertiary/aromatic N) is 1. The molecule has 2 aliphatic heterocycles. The Morgan fingerprint density at radius 1 is 0.946 bits per heavy atom. The van der Waals surface area contributed by atoms with Crippen LogP contribution in [0.25, 0.3) is 0 Å². The number of halogens is 4. The van der Waals surface area contributed by atoms with Gasteiger partial charge >= 0.3 is 6.18 Å². The summed E-state index contributed by atoms with van der Waals surface area (Å²) in [6.07, 6.45) is -2.95. The first-order chi connectivity index (χ1) is 16.9. The SMILES string of the molecule is Cl.O=C([C@H]1CCCN1)N1CCC(NS(=O)(=O)c2cc(S(=O)(=O)c3ccccc3)ccc2C(F)(F)F)CC1. The molecule has 0 unspecified atom stereocenters. The van der Waals surface area contributed by atoms with E-state index in [0.717, 1.165) is 25.5 Å². The number of nitrogens with one attached hydrogen (secondary N) is 2. The van der Waals surface area contributed by atoms with E-state index in [0.29, 0.717) is 12.1 Å². The van der Waals surface area contributed by atoms with Crippen LogP contribution in [-0.4, -0.2) is 59.4 Å². The minimum absolute atomic E-state index is 0.